The number of nitrogens with zero attached hydrogens (tertiary/aromatic N) is 1. The van der Waals surface area contributed by atoms with E-state index in [0.29, 0.717) is 5.56 Å². The number of carbonyl (C=O) groups is 1. The van der Waals surface area contributed by atoms with E-state index < -0.39 is 0 Å². The minimum atomic E-state index is -0.321. The van der Waals surface area contributed by atoms with E-state index in [1.165, 1.54) is 24.3 Å². The fourth-order valence-corrected chi connectivity index (χ4v) is 1.72. The van der Waals surface area contributed by atoms with Gasteiger partial charge in [-0.3, -0.25) is 4.79 Å². The summed E-state index contributed by atoms with van der Waals surface area (Å²) in [6, 6.07) is 15.8. The van der Waals surface area contributed by atoms with Gasteiger partial charge in [-0.25, -0.2) is 5.43 Å². The van der Waals surface area contributed by atoms with Gasteiger partial charge in [-0.05, 0) is 42.3 Å². The second-order valence-electron chi connectivity index (χ2n) is 4.55. The van der Waals surface area contributed by atoms with E-state index >= 15 is 0 Å². The van der Waals surface area contributed by atoms with E-state index in [0.717, 1.165) is 11.1 Å². The number of rotatable bonds is 4. The van der Waals surface area contributed by atoms with Crippen LogP contribution in [0.25, 0.3) is 6.08 Å². The summed E-state index contributed by atoms with van der Waals surface area (Å²) in [7, 11) is 0. The molecule has 0 radical (unpaired) electrons. The van der Waals surface area contributed by atoms with E-state index in [1.807, 2.05) is 43.3 Å². The average Bonchev–Trinajstić information content (AvgIpc) is 2.49. The van der Waals surface area contributed by atoms with Crippen LogP contribution in [-0.4, -0.2) is 17.2 Å². The third-order valence-corrected chi connectivity index (χ3v) is 2.76. The third-order valence-electron chi connectivity index (χ3n) is 2.76. The van der Waals surface area contributed by atoms with Crippen LogP contribution >= 0.6 is 0 Å². The van der Waals surface area contributed by atoms with Gasteiger partial charge in [-0.2, -0.15) is 5.10 Å². The Kier molecular flexibility index (Phi) is 4.88. The number of aromatic hydroxyl groups is 1. The molecule has 2 rings (SSSR count). The first kappa shape index (κ1) is 14.5. The van der Waals surface area contributed by atoms with Gasteiger partial charge in [0.05, 0.1) is 6.21 Å². The average molecular weight is 280 g/mol. The third kappa shape index (κ3) is 4.62. The number of hydrogen-bond donors (Lipinski definition) is 2. The number of amides is 1. The Hall–Kier alpha value is -2.88. The molecule has 2 aromatic carbocycles. The summed E-state index contributed by atoms with van der Waals surface area (Å²) >= 11 is 0. The fourth-order valence-electron chi connectivity index (χ4n) is 1.72. The molecular formula is C17H16N2O2. The molecule has 1 amide bonds. The molecular weight excluding hydrogens is 264 g/mol. The maximum atomic E-state index is 11.8. The summed E-state index contributed by atoms with van der Waals surface area (Å²) in [5, 5.41) is 13.1. The first-order chi connectivity index (χ1) is 10.1. The molecule has 21 heavy (non-hydrogen) atoms. The minimum absolute atomic E-state index is 0.122. The number of benzene rings is 2. The van der Waals surface area contributed by atoms with Gasteiger partial charge in [0.25, 0.3) is 5.91 Å². The fraction of sp³-hybridized carbons (Fsp3) is 0.0588. The molecule has 2 N–H and O–H groups in total. The predicted octanol–water partition coefficient (Wildman–Crippen LogP) is 3.21. The topological polar surface area (TPSA) is 61.7 Å². The van der Waals surface area contributed by atoms with Crippen LogP contribution in [0.1, 0.15) is 22.8 Å². The van der Waals surface area contributed by atoms with E-state index in [-0.39, 0.29) is 11.7 Å². The molecule has 0 atom stereocenters. The quantitative estimate of drug-likeness (QED) is 0.667. The zero-order valence-corrected chi connectivity index (χ0v) is 11.7. The predicted molar refractivity (Wildman–Crippen MR) is 84.2 cm³/mol. The molecule has 0 bridgehead atoms. The highest BCUT2D eigenvalue weighted by Crippen LogP contribution is 2.09. The Morgan fingerprint density at radius 1 is 1.10 bits per heavy atom. The van der Waals surface area contributed by atoms with Gasteiger partial charge in [0.2, 0.25) is 0 Å². The van der Waals surface area contributed by atoms with Crippen LogP contribution in [0.5, 0.6) is 5.75 Å². The summed E-state index contributed by atoms with van der Waals surface area (Å²) in [4.78, 5) is 11.8. The Bertz CT molecular complexity index is 659. The Labute approximate surface area is 123 Å². The molecule has 0 fully saturated rings. The number of nitrogens with one attached hydrogen (secondary N) is 1. The lowest BCUT2D eigenvalue weighted by Crippen LogP contribution is -2.17. The van der Waals surface area contributed by atoms with Crippen molar-refractivity contribution >= 4 is 18.2 Å². The van der Waals surface area contributed by atoms with Crippen molar-refractivity contribution in [2.75, 3.05) is 0 Å². The number of phenolic OH excluding ortho intramolecular Hbond substituents is 1. The number of hydrazone groups is 1. The van der Waals surface area contributed by atoms with Gasteiger partial charge in [0, 0.05) is 5.56 Å². The molecule has 0 aliphatic carbocycles. The van der Waals surface area contributed by atoms with Gasteiger partial charge in [0.15, 0.2) is 0 Å². The highest BCUT2D eigenvalue weighted by Gasteiger charge is 2.02. The van der Waals surface area contributed by atoms with Crippen LogP contribution in [0, 0.1) is 0 Å². The molecule has 0 spiro atoms. The Morgan fingerprint density at radius 2 is 1.76 bits per heavy atom. The van der Waals surface area contributed by atoms with Crippen molar-refractivity contribution in [2.24, 2.45) is 5.10 Å². The van der Waals surface area contributed by atoms with E-state index in [4.69, 9.17) is 5.11 Å². The van der Waals surface area contributed by atoms with E-state index in [2.05, 4.69) is 10.5 Å². The number of carbonyl (C=O) groups excluding carboxylic acids is 1. The zero-order chi connectivity index (χ0) is 15.1. The monoisotopic (exact) mass is 280 g/mol. The van der Waals surface area contributed by atoms with Gasteiger partial charge in [-0.1, -0.05) is 36.4 Å². The zero-order valence-electron chi connectivity index (χ0n) is 11.7. The smallest absolute Gasteiger partial charge is 0.271 e. The van der Waals surface area contributed by atoms with Crippen molar-refractivity contribution < 1.29 is 9.90 Å². The summed E-state index contributed by atoms with van der Waals surface area (Å²) < 4.78 is 0. The molecule has 0 saturated carbocycles. The van der Waals surface area contributed by atoms with Crippen LogP contribution in [-0.2, 0) is 0 Å². The van der Waals surface area contributed by atoms with Crippen molar-refractivity contribution in [1.82, 2.24) is 5.43 Å². The summed E-state index contributed by atoms with van der Waals surface area (Å²) in [6.45, 7) is 1.91. The van der Waals surface area contributed by atoms with Crippen molar-refractivity contribution in [3.05, 3.63) is 71.3 Å². The van der Waals surface area contributed by atoms with Crippen LogP contribution in [0.4, 0.5) is 0 Å². The summed E-state index contributed by atoms with van der Waals surface area (Å²) in [6.07, 6.45) is 3.56. The van der Waals surface area contributed by atoms with Crippen molar-refractivity contribution in [1.29, 1.82) is 0 Å². The molecule has 106 valence electrons. The van der Waals surface area contributed by atoms with Crippen LogP contribution in [0.3, 0.4) is 0 Å². The second-order valence-corrected chi connectivity index (χ2v) is 4.55. The molecule has 4 nitrogen and oxygen atoms in total. The highest BCUT2D eigenvalue weighted by molar-refractivity contribution is 5.95. The van der Waals surface area contributed by atoms with Gasteiger partial charge < -0.3 is 5.11 Å². The summed E-state index contributed by atoms with van der Waals surface area (Å²) in [5.41, 5.74) is 4.88. The maximum absolute atomic E-state index is 11.8. The van der Waals surface area contributed by atoms with Crippen LogP contribution < -0.4 is 5.43 Å². The summed E-state index contributed by atoms with van der Waals surface area (Å²) in [5.74, 6) is -0.199. The number of hydrogen-bond acceptors (Lipinski definition) is 3. The molecule has 0 aliphatic rings. The number of phenols is 1. The molecule has 0 aliphatic heterocycles. The Morgan fingerprint density at radius 3 is 2.43 bits per heavy atom. The molecule has 4 heteroatoms. The first-order valence-corrected chi connectivity index (χ1v) is 6.51. The molecule has 0 unspecified atom stereocenters. The van der Waals surface area contributed by atoms with Crippen LogP contribution in [0.2, 0.25) is 0 Å². The largest absolute Gasteiger partial charge is 0.508 e. The Balaban J connectivity index is 1.94. The first-order valence-electron chi connectivity index (χ1n) is 6.51. The standard InChI is InChI=1S/C17H16N2O2/c1-13(11-14-5-3-2-4-6-14)12-18-19-17(21)15-7-9-16(20)10-8-15/h2-12,20H,1H3,(H,19,21)/b13-11+,18-12-. The maximum Gasteiger partial charge on any atom is 0.271 e. The van der Waals surface area contributed by atoms with E-state index in [9.17, 15) is 4.79 Å². The molecule has 0 saturated heterocycles. The second kappa shape index (κ2) is 7.05. The van der Waals surface area contributed by atoms with E-state index in [1.54, 1.807) is 6.21 Å². The normalized spacial score (nSPS) is 11.6. The lowest BCUT2D eigenvalue weighted by Gasteiger charge is -2.00. The number of allylic oxidation sites excluding steroid dienone is 1. The van der Waals surface area contributed by atoms with Gasteiger partial charge >= 0.3 is 0 Å². The SMILES string of the molecule is CC(/C=N\NC(=O)c1ccc(O)cc1)=C\c1ccccc1. The molecule has 0 heterocycles. The minimum Gasteiger partial charge on any atom is -0.508 e. The highest BCUT2D eigenvalue weighted by atomic mass is 16.3. The van der Waals surface area contributed by atoms with Gasteiger partial charge in [-0.15, -0.1) is 0 Å². The molecule has 2 aromatic rings. The molecule has 0 aromatic heterocycles. The lowest BCUT2D eigenvalue weighted by molar-refractivity contribution is 0.0955. The van der Waals surface area contributed by atoms with Gasteiger partial charge in [0.1, 0.15) is 5.75 Å². The van der Waals surface area contributed by atoms with Crippen molar-refractivity contribution in [3.63, 3.8) is 0 Å². The van der Waals surface area contributed by atoms with Crippen molar-refractivity contribution in [2.45, 2.75) is 6.92 Å². The lowest BCUT2D eigenvalue weighted by atomic mass is 10.1. The van der Waals surface area contributed by atoms with Crippen LogP contribution in [0.15, 0.2) is 65.3 Å². The van der Waals surface area contributed by atoms with Crippen molar-refractivity contribution in [3.8, 4) is 5.75 Å².